The van der Waals surface area contributed by atoms with Crippen molar-refractivity contribution in [1.29, 1.82) is 0 Å². The van der Waals surface area contributed by atoms with Crippen molar-refractivity contribution < 1.29 is 14.0 Å². The van der Waals surface area contributed by atoms with Crippen LogP contribution in [0.15, 0.2) is 51.7 Å². The first-order valence-electron chi connectivity index (χ1n) is 8.82. The van der Waals surface area contributed by atoms with Gasteiger partial charge in [0.2, 0.25) is 5.91 Å². The second-order valence-corrected chi connectivity index (χ2v) is 6.70. The van der Waals surface area contributed by atoms with Crippen LogP contribution in [0.25, 0.3) is 22.2 Å². The molecule has 7 heteroatoms. The van der Waals surface area contributed by atoms with E-state index >= 15 is 0 Å². The highest BCUT2D eigenvalue weighted by Gasteiger charge is 2.25. The van der Waals surface area contributed by atoms with Crippen molar-refractivity contribution in [2.75, 3.05) is 13.1 Å². The lowest BCUT2D eigenvalue weighted by molar-refractivity contribution is -0.120. The van der Waals surface area contributed by atoms with E-state index in [2.05, 4.69) is 10.3 Å². The Morgan fingerprint density at radius 1 is 1.11 bits per heavy atom. The lowest BCUT2D eigenvalue weighted by Crippen LogP contribution is -2.41. The highest BCUT2D eigenvalue weighted by atomic mass is 16.4. The van der Waals surface area contributed by atoms with Crippen molar-refractivity contribution >= 4 is 22.9 Å². The maximum absolute atomic E-state index is 12.8. The molecule has 1 saturated heterocycles. The summed E-state index contributed by atoms with van der Waals surface area (Å²) in [7, 11) is 0. The Bertz CT molecular complexity index is 1060. The smallest absolute Gasteiger partial charge is 0.408 e. The highest BCUT2D eigenvalue weighted by molar-refractivity contribution is 5.95. The van der Waals surface area contributed by atoms with Crippen molar-refractivity contribution in [3.05, 3.63) is 58.6 Å². The van der Waals surface area contributed by atoms with Gasteiger partial charge < -0.3 is 14.6 Å². The number of hydrogen-bond acceptors (Lipinski definition) is 4. The number of fused-ring (bicyclic) bond motifs is 1. The maximum atomic E-state index is 12.8. The van der Waals surface area contributed by atoms with E-state index in [0.717, 1.165) is 11.1 Å². The molecule has 1 aromatic heterocycles. The van der Waals surface area contributed by atoms with Crippen molar-refractivity contribution in [1.82, 2.24) is 15.2 Å². The average molecular weight is 365 g/mol. The van der Waals surface area contributed by atoms with Crippen LogP contribution >= 0.6 is 0 Å². The minimum atomic E-state index is -0.484. The van der Waals surface area contributed by atoms with E-state index in [9.17, 15) is 14.4 Å². The molecular formula is C20H19N3O4. The molecular weight excluding hydrogens is 346 g/mol. The molecule has 0 spiro atoms. The Morgan fingerprint density at radius 2 is 1.85 bits per heavy atom. The minimum Gasteiger partial charge on any atom is -0.408 e. The fourth-order valence-electron chi connectivity index (χ4n) is 3.31. The van der Waals surface area contributed by atoms with Crippen LogP contribution in [0.4, 0.5) is 0 Å². The second-order valence-electron chi connectivity index (χ2n) is 6.70. The zero-order valence-corrected chi connectivity index (χ0v) is 14.8. The number of oxazole rings is 1. The van der Waals surface area contributed by atoms with Gasteiger partial charge in [-0.15, -0.1) is 0 Å². The van der Waals surface area contributed by atoms with Gasteiger partial charge in [0, 0.05) is 31.1 Å². The molecule has 1 aliphatic heterocycles. The van der Waals surface area contributed by atoms with Crippen LogP contribution in [0.5, 0.6) is 0 Å². The van der Waals surface area contributed by atoms with E-state index in [1.54, 1.807) is 23.1 Å². The molecule has 2 heterocycles. The first-order valence-corrected chi connectivity index (χ1v) is 8.82. The first-order chi connectivity index (χ1) is 13.0. The van der Waals surface area contributed by atoms with E-state index in [-0.39, 0.29) is 17.9 Å². The van der Waals surface area contributed by atoms with Crippen LogP contribution in [0.3, 0.4) is 0 Å². The van der Waals surface area contributed by atoms with E-state index in [4.69, 9.17) is 4.42 Å². The number of hydrogen-bond donors (Lipinski definition) is 2. The summed E-state index contributed by atoms with van der Waals surface area (Å²) in [6.45, 7) is 2.81. The van der Waals surface area contributed by atoms with Gasteiger partial charge in [-0.1, -0.05) is 18.2 Å². The Labute approximate surface area is 155 Å². The molecule has 1 fully saturated rings. The van der Waals surface area contributed by atoms with E-state index in [1.807, 2.05) is 31.2 Å². The number of benzene rings is 2. The number of amides is 2. The molecule has 0 aliphatic carbocycles. The van der Waals surface area contributed by atoms with Crippen LogP contribution in [0.1, 0.15) is 23.7 Å². The number of rotatable bonds is 2. The standard InChI is InChI=1S/C20H19N3O4/c1-12-11-21-18(24)8-9-23(12)19(25)14-4-2-13(3-5-14)15-6-7-17-16(10-15)22-20(26)27-17/h2-7,10,12H,8-9,11H2,1H3,(H,21,24)(H,22,26)/t12-/m0/s1. The molecule has 1 aliphatic rings. The van der Waals surface area contributed by atoms with E-state index in [0.29, 0.717) is 36.2 Å². The van der Waals surface area contributed by atoms with Gasteiger partial charge in [0.15, 0.2) is 5.58 Å². The summed E-state index contributed by atoms with van der Waals surface area (Å²) in [6, 6.07) is 12.7. The molecule has 0 radical (unpaired) electrons. The predicted molar refractivity (Wildman–Crippen MR) is 100 cm³/mol. The van der Waals surface area contributed by atoms with Crippen LogP contribution in [-0.4, -0.2) is 40.8 Å². The summed E-state index contributed by atoms with van der Waals surface area (Å²) in [5.74, 6) is -0.594. The Hall–Kier alpha value is -3.35. The third kappa shape index (κ3) is 3.36. The monoisotopic (exact) mass is 365 g/mol. The third-order valence-corrected chi connectivity index (χ3v) is 4.85. The zero-order valence-electron chi connectivity index (χ0n) is 14.8. The number of carbonyl (C=O) groups is 2. The molecule has 2 amide bonds. The van der Waals surface area contributed by atoms with Gasteiger partial charge in [-0.25, -0.2) is 4.79 Å². The Morgan fingerprint density at radius 3 is 2.63 bits per heavy atom. The third-order valence-electron chi connectivity index (χ3n) is 4.85. The van der Waals surface area contributed by atoms with Crippen LogP contribution < -0.4 is 11.1 Å². The number of H-pyrrole nitrogens is 1. The van der Waals surface area contributed by atoms with Crippen molar-refractivity contribution in [2.24, 2.45) is 0 Å². The number of aromatic amines is 1. The normalized spacial score (nSPS) is 17.6. The number of nitrogens with one attached hydrogen (secondary N) is 2. The van der Waals surface area contributed by atoms with Crippen LogP contribution in [-0.2, 0) is 4.79 Å². The SMILES string of the molecule is C[C@H]1CNC(=O)CCN1C(=O)c1ccc(-c2ccc3oc(=O)[nH]c3c2)cc1. The van der Waals surface area contributed by atoms with Crippen molar-refractivity contribution in [3.8, 4) is 11.1 Å². The Kier molecular flexibility index (Phi) is 4.27. The van der Waals surface area contributed by atoms with Crippen molar-refractivity contribution in [2.45, 2.75) is 19.4 Å². The molecule has 2 N–H and O–H groups in total. The number of carbonyl (C=O) groups excluding carboxylic acids is 2. The highest BCUT2D eigenvalue weighted by Crippen LogP contribution is 2.24. The van der Waals surface area contributed by atoms with Crippen LogP contribution in [0, 0.1) is 0 Å². The summed E-state index contributed by atoms with van der Waals surface area (Å²) in [5.41, 5.74) is 3.56. The molecule has 7 nitrogen and oxygen atoms in total. The molecule has 0 unspecified atom stereocenters. The van der Waals surface area contributed by atoms with E-state index in [1.165, 1.54) is 0 Å². The molecule has 3 aromatic rings. The van der Waals surface area contributed by atoms with Crippen LogP contribution in [0.2, 0.25) is 0 Å². The number of aromatic nitrogens is 1. The molecule has 0 saturated carbocycles. The van der Waals surface area contributed by atoms with Gasteiger partial charge in [0.1, 0.15) is 0 Å². The van der Waals surface area contributed by atoms with E-state index < -0.39 is 5.76 Å². The fourth-order valence-corrected chi connectivity index (χ4v) is 3.31. The summed E-state index contributed by atoms with van der Waals surface area (Å²) >= 11 is 0. The largest absolute Gasteiger partial charge is 0.417 e. The lowest BCUT2D eigenvalue weighted by Gasteiger charge is -2.26. The van der Waals surface area contributed by atoms with Gasteiger partial charge in [0.05, 0.1) is 5.52 Å². The predicted octanol–water partition coefficient (Wildman–Crippen LogP) is 2.14. The molecule has 138 valence electrons. The second kappa shape index (κ2) is 6.75. The number of nitrogens with zero attached hydrogens (tertiary/aromatic N) is 1. The molecule has 4 rings (SSSR count). The van der Waals surface area contributed by atoms with Crippen molar-refractivity contribution in [3.63, 3.8) is 0 Å². The molecule has 0 bridgehead atoms. The summed E-state index contributed by atoms with van der Waals surface area (Å²) in [5, 5.41) is 2.81. The summed E-state index contributed by atoms with van der Waals surface area (Å²) in [4.78, 5) is 40.0. The van der Waals surface area contributed by atoms with Gasteiger partial charge >= 0.3 is 5.76 Å². The molecule has 2 aromatic carbocycles. The quantitative estimate of drug-likeness (QED) is 0.727. The zero-order chi connectivity index (χ0) is 19.0. The first kappa shape index (κ1) is 17.1. The van der Waals surface area contributed by atoms with Gasteiger partial charge in [0.25, 0.3) is 5.91 Å². The Balaban J connectivity index is 1.58. The topological polar surface area (TPSA) is 95.4 Å². The van der Waals surface area contributed by atoms with Gasteiger partial charge in [-0.05, 0) is 42.3 Å². The molecule has 27 heavy (non-hydrogen) atoms. The van der Waals surface area contributed by atoms with Gasteiger partial charge in [-0.3, -0.25) is 14.6 Å². The maximum Gasteiger partial charge on any atom is 0.417 e. The lowest BCUT2D eigenvalue weighted by atomic mass is 10.0. The average Bonchev–Trinajstić information content (AvgIpc) is 2.96. The molecule has 1 atom stereocenters. The summed E-state index contributed by atoms with van der Waals surface area (Å²) in [6.07, 6.45) is 0.317. The fraction of sp³-hybridized carbons (Fsp3) is 0.250. The summed E-state index contributed by atoms with van der Waals surface area (Å²) < 4.78 is 5.01. The van der Waals surface area contributed by atoms with Gasteiger partial charge in [-0.2, -0.15) is 0 Å². The minimum absolute atomic E-state index is 0.0276.